The number of nitrogens with zero attached hydrogens (tertiary/aromatic N) is 3. The van der Waals surface area contributed by atoms with Gasteiger partial charge in [0.05, 0.1) is 6.04 Å². The number of aryl methyl sites for hydroxylation is 1. The lowest BCUT2D eigenvalue weighted by Gasteiger charge is -2.21. The molecule has 0 unspecified atom stereocenters. The zero-order chi connectivity index (χ0) is 12.4. The highest BCUT2D eigenvalue weighted by Gasteiger charge is 2.35. The van der Waals surface area contributed by atoms with Gasteiger partial charge in [0.15, 0.2) is 0 Å². The van der Waals surface area contributed by atoms with Crippen LogP contribution in [0.4, 0.5) is 4.39 Å². The van der Waals surface area contributed by atoms with Gasteiger partial charge in [0, 0.05) is 44.9 Å². The largest absolute Gasteiger partial charge is 0.368 e. The van der Waals surface area contributed by atoms with Crippen molar-refractivity contribution < 1.29 is 9.18 Å². The summed E-state index contributed by atoms with van der Waals surface area (Å²) in [6.07, 6.45) is 1.75. The Kier molecular flexibility index (Phi) is 3.42. The van der Waals surface area contributed by atoms with E-state index in [9.17, 15) is 9.18 Å². The molecule has 0 saturated carbocycles. The molecule has 1 amide bonds. The van der Waals surface area contributed by atoms with Gasteiger partial charge in [-0.15, -0.1) is 0 Å². The molecule has 1 aliphatic heterocycles. The van der Waals surface area contributed by atoms with E-state index in [4.69, 9.17) is 5.73 Å². The molecule has 1 saturated heterocycles. The van der Waals surface area contributed by atoms with E-state index in [-0.39, 0.29) is 6.42 Å². The molecule has 0 spiro atoms. The summed E-state index contributed by atoms with van der Waals surface area (Å²) in [5, 5.41) is 4.06. The fourth-order valence-electron chi connectivity index (χ4n) is 2.30. The summed E-state index contributed by atoms with van der Waals surface area (Å²) in [6, 6.07) is 1.46. The number of nitrogens with two attached hydrogens (primary N) is 1. The molecule has 2 atom stereocenters. The number of primary amides is 1. The van der Waals surface area contributed by atoms with E-state index in [1.165, 1.54) is 0 Å². The number of likely N-dealkylation sites (tertiary alicyclic amines) is 1. The first kappa shape index (κ1) is 12.0. The molecular formula is C11H17FN4O. The van der Waals surface area contributed by atoms with E-state index in [1.54, 1.807) is 10.9 Å². The minimum atomic E-state index is -0.945. The Bertz CT molecular complexity index is 406. The second-order valence-electron chi connectivity index (χ2n) is 4.44. The third-order valence-corrected chi connectivity index (χ3v) is 3.26. The van der Waals surface area contributed by atoms with E-state index < -0.39 is 18.1 Å². The standard InChI is InChI=1S/C11H17FN4O/c1-15-9(2-4-14-15)3-5-16-7-8(12)6-10(16)11(13)17/h2,4,8,10H,3,5-7H2,1H3,(H2,13,17)/t8-,10+/m1/s1. The number of hydrogen-bond acceptors (Lipinski definition) is 3. The van der Waals surface area contributed by atoms with Gasteiger partial charge in [-0.1, -0.05) is 0 Å². The highest BCUT2D eigenvalue weighted by atomic mass is 19.1. The van der Waals surface area contributed by atoms with Crippen LogP contribution in [0.3, 0.4) is 0 Å². The van der Waals surface area contributed by atoms with Gasteiger partial charge in [0.25, 0.3) is 0 Å². The Morgan fingerprint density at radius 3 is 3.06 bits per heavy atom. The van der Waals surface area contributed by atoms with Crippen LogP contribution in [0.1, 0.15) is 12.1 Å². The van der Waals surface area contributed by atoms with Crippen LogP contribution in [-0.2, 0) is 18.3 Å². The Labute approximate surface area is 99.4 Å². The van der Waals surface area contributed by atoms with Gasteiger partial charge >= 0.3 is 0 Å². The van der Waals surface area contributed by atoms with Crippen LogP contribution in [-0.4, -0.2) is 45.9 Å². The third-order valence-electron chi connectivity index (χ3n) is 3.26. The average molecular weight is 240 g/mol. The molecule has 1 fully saturated rings. The van der Waals surface area contributed by atoms with Crippen LogP contribution < -0.4 is 5.73 Å². The van der Waals surface area contributed by atoms with Gasteiger partial charge in [-0.2, -0.15) is 5.10 Å². The summed E-state index contributed by atoms with van der Waals surface area (Å²) < 4.78 is 15.0. The molecule has 1 aromatic rings. The Morgan fingerprint density at radius 1 is 1.71 bits per heavy atom. The van der Waals surface area contributed by atoms with E-state index >= 15 is 0 Å². The second kappa shape index (κ2) is 4.83. The molecule has 0 radical (unpaired) electrons. The first-order valence-electron chi connectivity index (χ1n) is 5.72. The zero-order valence-corrected chi connectivity index (χ0v) is 9.84. The fraction of sp³-hybridized carbons (Fsp3) is 0.636. The summed E-state index contributed by atoms with van der Waals surface area (Å²) in [7, 11) is 1.86. The monoisotopic (exact) mass is 240 g/mol. The van der Waals surface area contributed by atoms with E-state index in [2.05, 4.69) is 5.10 Å². The molecule has 5 nitrogen and oxygen atoms in total. The quantitative estimate of drug-likeness (QED) is 0.796. The van der Waals surface area contributed by atoms with Crippen molar-refractivity contribution >= 4 is 5.91 Å². The van der Waals surface area contributed by atoms with Crippen molar-refractivity contribution in [1.29, 1.82) is 0 Å². The third kappa shape index (κ3) is 2.63. The smallest absolute Gasteiger partial charge is 0.234 e. The lowest BCUT2D eigenvalue weighted by Crippen LogP contribution is -2.41. The van der Waals surface area contributed by atoms with Gasteiger partial charge in [-0.25, -0.2) is 4.39 Å². The van der Waals surface area contributed by atoms with Crippen LogP contribution in [0.2, 0.25) is 0 Å². The van der Waals surface area contributed by atoms with Gasteiger partial charge < -0.3 is 5.73 Å². The van der Waals surface area contributed by atoms with E-state index in [0.29, 0.717) is 13.1 Å². The first-order chi connectivity index (χ1) is 8.08. The maximum Gasteiger partial charge on any atom is 0.234 e. The molecule has 2 heterocycles. The molecule has 0 bridgehead atoms. The maximum atomic E-state index is 13.3. The number of amides is 1. The summed E-state index contributed by atoms with van der Waals surface area (Å²) in [6.45, 7) is 0.930. The topological polar surface area (TPSA) is 64.2 Å². The van der Waals surface area contributed by atoms with Crippen molar-refractivity contribution in [2.75, 3.05) is 13.1 Å². The van der Waals surface area contributed by atoms with Crippen LogP contribution >= 0.6 is 0 Å². The molecule has 6 heteroatoms. The zero-order valence-electron chi connectivity index (χ0n) is 9.84. The summed E-state index contributed by atoms with van der Waals surface area (Å²) in [5.74, 6) is -0.435. The summed E-state index contributed by atoms with van der Waals surface area (Å²) in [5.41, 5.74) is 6.33. The number of carbonyl (C=O) groups excluding carboxylic acids is 1. The molecule has 1 aliphatic rings. The van der Waals surface area contributed by atoms with Gasteiger partial charge in [0.1, 0.15) is 6.17 Å². The molecule has 2 N–H and O–H groups in total. The average Bonchev–Trinajstić information content (AvgIpc) is 2.82. The minimum absolute atomic E-state index is 0.223. The second-order valence-corrected chi connectivity index (χ2v) is 4.44. The molecule has 2 rings (SSSR count). The first-order valence-corrected chi connectivity index (χ1v) is 5.72. The van der Waals surface area contributed by atoms with Gasteiger partial charge in [-0.3, -0.25) is 14.4 Å². The molecule has 94 valence electrons. The normalized spacial score (nSPS) is 25.3. The summed E-state index contributed by atoms with van der Waals surface area (Å²) >= 11 is 0. The maximum absolute atomic E-state index is 13.3. The van der Waals surface area contributed by atoms with Crippen molar-refractivity contribution in [3.05, 3.63) is 18.0 Å². The SMILES string of the molecule is Cn1nccc1CCN1C[C@H](F)C[C@H]1C(N)=O. The highest BCUT2D eigenvalue weighted by molar-refractivity contribution is 5.80. The van der Waals surface area contributed by atoms with Crippen molar-refractivity contribution in [3.63, 3.8) is 0 Å². The minimum Gasteiger partial charge on any atom is -0.368 e. The molecule has 17 heavy (non-hydrogen) atoms. The van der Waals surface area contributed by atoms with Crippen molar-refractivity contribution in [1.82, 2.24) is 14.7 Å². The van der Waals surface area contributed by atoms with Gasteiger partial charge in [-0.05, 0) is 6.07 Å². The summed E-state index contributed by atoms with van der Waals surface area (Å²) in [4.78, 5) is 13.0. The van der Waals surface area contributed by atoms with Crippen molar-refractivity contribution in [2.24, 2.45) is 12.8 Å². The van der Waals surface area contributed by atoms with Crippen LogP contribution in [0.25, 0.3) is 0 Å². The van der Waals surface area contributed by atoms with Gasteiger partial charge in [0.2, 0.25) is 5.91 Å². The van der Waals surface area contributed by atoms with Crippen LogP contribution in [0.5, 0.6) is 0 Å². The highest BCUT2D eigenvalue weighted by Crippen LogP contribution is 2.20. The number of aromatic nitrogens is 2. The Balaban J connectivity index is 1.94. The number of rotatable bonds is 4. The molecule has 1 aromatic heterocycles. The lowest BCUT2D eigenvalue weighted by atomic mass is 10.2. The number of carbonyl (C=O) groups is 1. The van der Waals surface area contributed by atoms with Crippen molar-refractivity contribution in [2.45, 2.75) is 25.1 Å². The molecular weight excluding hydrogens is 223 g/mol. The fourth-order valence-corrected chi connectivity index (χ4v) is 2.30. The Hall–Kier alpha value is -1.43. The van der Waals surface area contributed by atoms with E-state index in [0.717, 1.165) is 12.1 Å². The number of hydrogen-bond donors (Lipinski definition) is 1. The lowest BCUT2D eigenvalue weighted by molar-refractivity contribution is -0.122. The predicted octanol–water partition coefficient (Wildman–Crippen LogP) is -0.140. The number of halogens is 1. The van der Waals surface area contributed by atoms with Crippen LogP contribution in [0.15, 0.2) is 12.3 Å². The predicted molar refractivity (Wildman–Crippen MR) is 61.0 cm³/mol. The molecule has 0 aliphatic carbocycles. The van der Waals surface area contributed by atoms with Crippen molar-refractivity contribution in [3.8, 4) is 0 Å². The van der Waals surface area contributed by atoms with E-state index in [1.807, 2.05) is 18.0 Å². The number of alkyl halides is 1. The molecule has 0 aromatic carbocycles. The van der Waals surface area contributed by atoms with Crippen LogP contribution in [0, 0.1) is 0 Å². The Morgan fingerprint density at radius 2 is 2.47 bits per heavy atom.